The summed E-state index contributed by atoms with van der Waals surface area (Å²) < 4.78 is 10.3. The lowest BCUT2D eigenvalue weighted by atomic mass is 10.1. The van der Waals surface area contributed by atoms with Gasteiger partial charge in [0.05, 0.1) is 7.11 Å². The Morgan fingerprint density at radius 2 is 1.76 bits per heavy atom. The highest BCUT2D eigenvalue weighted by molar-refractivity contribution is 5.94. The van der Waals surface area contributed by atoms with Crippen LogP contribution in [0.3, 0.4) is 0 Å². The SMILES string of the molecule is COc1ccc(OCC(=O)NC(=O)NCCC(C)C)cc1. The minimum Gasteiger partial charge on any atom is -0.497 e. The fourth-order valence-electron chi connectivity index (χ4n) is 1.50. The second-order valence-electron chi connectivity index (χ2n) is 4.95. The van der Waals surface area contributed by atoms with Crippen LogP contribution in [0.25, 0.3) is 0 Å². The number of urea groups is 1. The number of imide groups is 1. The predicted octanol–water partition coefficient (Wildman–Crippen LogP) is 1.95. The van der Waals surface area contributed by atoms with Crippen molar-refractivity contribution in [3.8, 4) is 11.5 Å². The van der Waals surface area contributed by atoms with E-state index in [-0.39, 0.29) is 6.61 Å². The number of amides is 3. The van der Waals surface area contributed by atoms with E-state index < -0.39 is 11.9 Å². The summed E-state index contributed by atoms with van der Waals surface area (Å²) >= 11 is 0. The van der Waals surface area contributed by atoms with Gasteiger partial charge in [0.15, 0.2) is 6.61 Å². The first-order valence-electron chi connectivity index (χ1n) is 6.85. The van der Waals surface area contributed by atoms with Crippen LogP contribution in [-0.2, 0) is 4.79 Å². The minimum atomic E-state index is -0.501. The largest absolute Gasteiger partial charge is 0.497 e. The molecule has 21 heavy (non-hydrogen) atoms. The van der Waals surface area contributed by atoms with Crippen LogP contribution in [0.5, 0.6) is 11.5 Å². The molecule has 3 amide bonds. The summed E-state index contributed by atoms with van der Waals surface area (Å²) in [5.74, 6) is 1.25. The van der Waals surface area contributed by atoms with Crippen LogP contribution in [-0.4, -0.2) is 32.2 Å². The lowest BCUT2D eigenvalue weighted by Crippen LogP contribution is -2.42. The van der Waals surface area contributed by atoms with Crippen LogP contribution < -0.4 is 20.1 Å². The molecule has 0 aliphatic heterocycles. The summed E-state index contributed by atoms with van der Waals surface area (Å²) in [5.41, 5.74) is 0. The fraction of sp³-hybridized carbons (Fsp3) is 0.467. The molecule has 1 rings (SSSR count). The van der Waals surface area contributed by atoms with E-state index in [2.05, 4.69) is 24.5 Å². The zero-order valence-electron chi connectivity index (χ0n) is 12.6. The van der Waals surface area contributed by atoms with Crippen molar-refractivity contribution in [2.45, 2.75) is 20.3 Å². The normalized spacial score (nSPS) is 10.1. The zero-order chi connectivity index (χ0) is 15.7. The molecule has 0 saturated heterocycles. The van der Waals surface area contributed by atoms with E-state index in [9.17, 15) is 9.59 Å². The molecule has 116 valence electrons. The molecule has 1 aromatic carbocycles. The number of benzene rings is 1. The number of carbonyl (C=O) groups excluding carboxylic acids is 2. The third kappa shape index (κ3) is 7.20. The number of hydrogen-bond donors (Lipinski definition) is 2. The van der Waals surface area contributed by atoms with Crippen molar-refractivity contribution < 1.29 is 19.1 Å². The first-order chi connectivity index (χ1) is 10.0. The monoisotopic (exact) mass is 294 g/mol. The molecular weight excluding hydrogens is 272 g/mol. The van der Waals surface area contributed by atoms with Gasteiger partial charge in [-0.05, 0) is 36.6 Å². The average Bonchev–Trinajstić information content (AvgIpc) is 2.45. The van der Waals surface area contributed by atoms with Crippen LogP contribution in [0.4, 0.5) is 4.79 Å². The molecule has 0 bridgehead atoms. The van der Waals surface area contributed by atoms with Gasteiger partial charge >= 0.3 is 6.03 Å². The maximum absolute atomic E-state index is 11.5. The molecule has 0 spiro atoms. The standard InChI is InChI=1S/C15H22N2O4/c1-11(2)8-9-16-15(19)17-14(18)10-21-13-6-4-12(20-3)5-7-13/h4-7,11H,8-10H2,1-3H3,(H2,16,17,18,19). The second kappa shape index (κ2) is 8.84. The number of ether oxygens (including phenoxy) is 2. The van der Waals surface area contributed by atoms with E-state index in [1.807, 2.05) is 0 Å². The van der Waals surface area contributed by atoms with E-state index in [1.165, 1.54) is 0 Å². The van der Waals surface area contributed by atoms with Gasteiger partial charge in [-0.25, -0.2) is 4.79 Å². The molecular formula is C15H22N2O4. The lowest BCUT2D eigenvalue weighted by molar-refractivity contribution is -0.122. The van der Waals surface area contributed by atoms with Gasteiger partial charge in [0.25, 0.3) is 5.91 Å². The Bertz CT molecular complexity index is 457. The van der Waals surface area contributed by atoms with E-state index in [0.29, 0.717) is 24.0 Å². The summed E-state index contributed by atoms with van der Waals surface area (Å²) in [5, 5.41) is 4.82. The third-order valence-electron chi connectivity index (χ3n) is 2.69. The Morgan fingerprint density at radius 3 is 2.33 bits per heavy atom. The van der Waals surface area contributed by atoms with Crippen molar-refractivity contribution in [3.63, 3.8) is 0 Å². The van der Waals surface area contributed by atoms with Crippen molar-refractivity contribution >= 4 is 11.9 Å². The molecule has 0 unspecified atom stereocenters. The van der Waals surface area contributed by atoms with Gasteiger partial charge in [-0.2, -0.15) is 0 Å². The van der Waals surface area contributed by atoms with Gasteiger partial charge in [-0.1, -0.05) is 13.8 Å². The molecule has 0 aliphatic carbocycles. The molecule has 1 aromatic rings. The number of rotatable bonds is 7. The summed E-state index contributed by atoms with van der Waals surface area (Å²) in [4.78, 5) is 22.9. The number of hydrogen-bond acceptors (Lipinski definition) is 4. The fourth-order valence-corrected chi connectivity index (χ4v) is 1.50. The van der Waals surface area contributed by atoms with Gasteiger partial charge in [0, 0.05) is 6.54 Å². The van der Waals surface area contributed by atoms with Crippen molar-refractivity contribution in [2.24, 2.45) is 5.92 Å². The van der Waals surface area contributed by atoms with E-state index in [4.69, 9.17) is 9.47 Å². The number of nitrogens with one attached hydrogen (secondary N) is 2. The van der Waals surface area contributed by atoms with Crippen molar-refractivity contribution in [1.29, 1.82) is 0 Å². The maximum Gasteiger partial charge on any atom is 0.321 e. The van der Waals surface area contributed by atoms with Crippen LogP contribution in [0.15, 0.2) is 24.3 Å². The Kier molecular flexibility index (Phi) is 7.08. The van der Waals surface area contributed by atoms with Gasteiger partial charge in [0.1, 0.15) is 11.5 Å². The third-order valence-corrected chi connectivity index (χ3v) is 2.69. The number of methoxy groups -OCH3 is 1. The van der Waals surface area contributed by atoms with Gasteiger partial charge < -0.3 is 14.8 Å². The molecule has 0 aliphatic rings. The van der Waals surface area contributed by atoms with E-state index in [1.54, 1.807) is 31.4 Å². The Labute approximate surface area is 124 Å². The zero-order valence-corrected chi connectivity index (χ0v) is 12.6. The van der Waals surface area contributed by atoms with Gasteiger partial charge in [-0.3, -0.25) is 10.1 Å². The highest BCUT2D eigenvalue weighted by atomic mass is 16.5. The molecule has 0 heterocycles. The summed E-state index contributed by atoms with van der Waals surface area (Å²) in [6.07, 6.45) is 0.865. The summed E-state index contributed by atoms with van der Waals surface area (Å²) in [6, 6.07) is 6.33. The van der Waals surface area contributed by atoms with Crippen molar-refractivity contribution in [2.75, 3.05) is 20.3 Å². The van der Waals surface area contributed by atoms with Gasteiger partial charge in [0.2, 0.25) is 0 Å². The summed E-state index contributed by atoms with van der Waals surface area (Å²) in [6.45, 7) is 4.45. The van der Waals surface area contributed by atoms with Crippen LogP contribution in [0.1, 0.15) is 20.3 Å². The Hall–Kier alpha value is -2.24. The Balaban J connectivity index is 2.25. The Morgan fingerprint density at radius 1 is 1.14 bits per heavy atom. The maximum atomic E-state index is 11.5. The molecule has 6 nitrogen and oxygen atoms in total. The molecule has 0 radical (unpaired) electrons. The quantitative estimate of drug-likeness (QED) is 0.806. The lowest BCUT2D eigenvalue weighted by Gasteiger charge is -2.09. The summed E-state index contributed by atoms with van der Waals surface area (Å²) in [7, 11) is 1.57. The molecule has 0 atom stereocenters. The van der Waals surface area contributed by atoms with Crippen molar-refractivity contribution in [3.05, 3.63) is 24.3 Å². The first kappa shape index (κ1) is 16.8. The molecule has 6 heteroatoms. The molecule has 2 N–H and O–H groups in total. The first-order valence-corrected chi connectivity index (χ1v) is 6.85. The van der Waals surface area contributed by atoms with Gasteiger partial charge in [-0.15, -0.1) is 0 Å². The van der Waals surface area contributed by atoms with E-state index in [0.717, 1.165) is 6.42 Å². The van der Waals surface area contributed by atoms with Crippen LogP contribution >= 0.6 is 0 Å². The predicted molar refractivity (Wildman–Crippen MR) is 79.5 cm³/mol. The van der Waals surface area contributed by atoms with Crippen LogP contribution in [0.2, 0.25) is 0 Å². The van der Waals surface area contributed by atoms with Crippen molar-refractivity contribution in [1.82, 2.24) is 10.6 Å². The topological polar surface area (TPSA) is 76.7 Å². The highest BCUT2D eigenvalue weighted by Gasteiger charge is 2.08. The average molecular weight is 294 g/mol. The van der Waals surface area contributed by atoms with Crippen LogP contribution in [0, 0.1) is 5.92 Å². The molecule has 0 saturated carbocycles. The molecule has 0 aromatic heterocycles. The molecule has 0 fully saturated rings. The second-order valence-corrected chi connectivity index (χ2v) is 4.95. The number of carbonyl (C=O) groups is 2. The smallest absolute Gasteiger partial charge is 0.321 e. The minimum absolute atomic E-state index is 0.218. The highest BCUT2D eigenvalue weighted by Crippen LogP contribution is 2.16. The van der Waals surface area contributed by atoms with E-state index >= 15 is 0 Å².